The summed E-state index contributed by atoms with van der Waals surface area (Å²) < 4.78 is 5.45. The van der Waals surface area contributed by atoms with Crippen LogP contribution in [0.15, 0.2) is 21.6 Å². The third kappa shape index (κ3) is 2.35. The van der Waals surface area contributed by atoms with E-state index in [0.717, 1.165) is 11.5 Å². The van der Waals surface area contributed by atoms with Crippen LogP contribution in [0.25, 0.3) is 0 Å². The molecule has 1 fully saturated rings. The van der Waals surface area contributed by atoms with E-state index < -0.39 is 0 Å². The number of tetrazole rings is 1. The molecule has 0 saturated carbocycles. The van der Waals surface area contributed by atoms with Crippen LogP contribution in [-0.2, 0) is 0 Å². The van der Waals surface area contributed by atoms with Gasteiger partial charge in [-0.2, -0.15) is 5.21 Å². The Bertz CT molecular complexity index is 567. The Morgan fingerprint density at radius 3 is 3.16 bits per heavy atom. The molecule has 0 aliphatic carbocycles. The van der Waals surface area contributed by atoms with Crippen LogP contribution in [0.3, 0.4) is 0 Å². The summed E-state index contributed by atoms with van der Waals surface area (Å²) in [5.41, 5.74) is 0. The molecular formula is C11H13N5O2S. The Morgan fingerprint density at radius 2 is 2.47 bits per heavy atom. The van der Waals surface area contributed by atoms with E-state index in [-0.39, 0.29) is 11.8 Å². The van der Waals surface area contributed by atoms with Crippen molar-refractivity contribution >= 4 is 17.7 Å². The van der Waals surface area contributed by atoms with Crippen molar-refractivity contribution in [2.45, 2.75) is 17.4 Å². The second-order valence-corrected chi connectivity index (χ2v) is 5.14. The van der Waals surface area contributed by atoms with Gasteiger partial charge in [0.05, 0.1) is 0 Å². The number of rotatable bonds is 3. The molecule has 0 radical (unpaired) electrons. The van der Waals surface area contributed by atoms with E-state index in [1.165, 1.54) is 11.8 Å². The van der Waals surface area contributed by atoms with E-state index in [1.54, 1.807) is 11.0 Å². The largest absolute Gasteiger partial charge is 0.445 e. The average Bonchev–Trinajstić information content (AvgIpc) is 3.16. The van der Waals surface area contributed by atoms with Crippen LogP contribution in [-0.4, -0.2) is 50.8 Å². The lowest BCUT2D eigenvalue weighted by atomic mass is 10.1. The Labute approximate surface area is 113 Å². The van der Waals surface area contributed by atoms with Crippen LogP contribution in [0, 0.1) is 0 Å². The van der Waals surface area contributed by atoms with Gasteiger partial charge in [0.1, 0.15) is 0 Å². The molecule has 3 rings (SSSR count). The molecule has 1 saturated heterocycles. The normalized spacial score (nSPS) is 19.0. The molecule has 1 N–H and O–H groups in total. The zero-order chi connectivity index (χ0) is 13.2. The first-order valence-corrected chi connectivity index (χ1v) is 7.17. The van der Waals surface area contributed by atoms with Crippen LogP contribution >= 0.6 is 11.8 Å². The van der Waals surface area contributed by atoms with Gasteiger partial charge in [-0.05, 0) is 24.8 Å². The van der Waals surface area contributed by atoms with Crippen LogP contribution in [0.5, 0.6) is 0 Å². The Balaban J connectivity index is 1.69. The summed E-state index contributed by atoms with van der Waals surface area (Å²) in [5.74, 6) is 1.13. The van der Waals surface area contributed by atoms with Gasteiger partial charge in [-0.25, -0.2) is 0 Å². The number of hydrogen-bond acceptors (Lipinski definition) is 6. The first-order valence-electron chi connectivity index (χ1n) is 5.94. The SMILES string of the molecule is CSc1ccc(C(=O)N2CCC(c3nn[nH]n3)C2)o1. The number of aromatic nitrogens is 4. The number of furan rings is 1. The minimum Gasteiger partial charge on any atom is -0.445 e. The zero-order valence-electron chi connectivity index (χ0n) is 10.4. The third-order valence-corrected chi connectivity index (χ3v) is 3.82. The van der Waals surface area contributed by atoms with Crippen molar-refractivity contribution in [3.8, 4) is 0 Å². The van der Waals surface area contributed by atoms with E-state index in [9.17, 15) is 4.79 Å². The number of thioether (sulfide) groups is 1. The highest BCUT2D eigenvalue weighted by Gasteiger charge is 2.31. The van der Waals surface area contributed by atoms with Crippen molar-refractivity contribution in [2.75, 3.05) is 19.3 Å². The van der Waals surface area contributed by atoms with Crippen molar-refractivity contribution in [1.29, 1.82) is 0 Å². The predicted octanol–water partition coefficient (Wildman–Crippen LogP) is 1.14. The molecule has 1 atom stereocenters. The number of H-pyrrole nitrogens is 1. The van der Waals surface area contributed by atoms with E-state index in [4.69, 9.17) is 4.42 Å². The topological polar surface area (TPSA) is 87.9 Å². The number of nitrogens with one attached hydrogen (secondary N) is 1. The van der Waals surface area contributed by atoms with Crippen molar-refractivity contribution in [1.82, 2.24) is 25.5 Å². The summed E-state index contributed by atoms with van der Waals surface area (Å²) in [4.78, 5) is 14.0. The first kappa shape index (κ1) is 12.2. The van der Waals surface area contributed by atoms with E-state index >= 15 is 0 Å². The maximum atomic E-state index is 12.3. The number of carbonyl (C=O) groups is 1. The highest BCUT2D eigenvalue weighted by molar-refractivity contribution is 7.98. The summed E-state index contributed by atoms with van der Waals surface area (Å²) in [7, 11) is 0. The lowest BCUT2D eigenvalue weighted by Crippen LogP contribution is -2.28. The van der Waals surface area contributed by atoms with Gasteiger partial charge in [0.2, 0.25) is 0 Å². The molecule has 8 heteroatoms. The lowest BCUT2D eigenvalue weighted by Gasteiger charge is -2.13. The Kier molecular flexibility index (Phi) is 3.24. The monoisotopic (exact) mass is 279 g/mol. The molecule has 7 nitrogen and oxygen atoms in total. The Hall–Kier alpha value is -1.83. The van der Waals surface area contributed by atoms with Crippen LogP contribution in [0.2, 0.25) is 0 Å². The van der Waals surface area contributed by atoms with Gasteiger partial charge in [0.15, 0.2) is 16.7 Å². The highest BCUT2D eigenvalue weighted by Crippen LogP contribution is 2.26. The number of nitrogens with zero attached hydrogens (tertiary/aromatic N) is 4. The molecule has 100 valence electrons. The number of aromatic amines is 1. The second-order valence-electron chi connectivity index (χ2n) is 4.33. The van der Waals surface area contributed by atoms with Crippen LogP contribution in [0.4, 0.5) is 0 Å². The third-order valence-electron chi connectivity index (χ3n) is 3.20. The Morgan fingerprint density at radius 1 is 1.58 bits per heavy atom. The summed E-state index contributed by atoms with van der Waals surface area (Å²) in [6.45, 7) is 1.29. The van der Waals surface area contributed by atoms with Gasteiger partial charge < -0.3 is 9.32 Å². The average molecular weight is 279 g/mol. The standard InChI is InChI=1S/C11H13N5O2S/c1-19-9-3-2-8(18-9)11(17)16-5-4-7(6-16)10-12-14-15-13-10/h2-3,7H,4-6H2,1H3,(H,12,13,14,15). The van der Waals surface area contributed by atoms with Crippen LogP contribution in [0.1, 0.15) is 28.7 Å². The molecule has 1 aliphatic heterocycles. The molecular weight excluding hydrogens is 266 g/mol. The van der Waals surface area contributed by atoms with E-state index in [0.29, 0.717) is 24.7 Å². The fourth-order valence-corrected chi connectivity index (χ4v) is 2.58. The second kappa shape index (κ2) is 5.04. The molecule has 3 heterocycles. The molecule has 2 aromatic rings. The zero-order valence-corrected chi connectivity index (χ0v) is 11.2. The summed E-state index contributed by atoms with van der Waals surface area (Å²) in [6, 6.07) is 3.53. The molecule has 0 aromatic carbocycles. The first-order chi connectivity index (χ1) is 9.28. The summed E-state index contributed by atoms with van der Waals surface area (Å²) in [5, 5.41) is 14.7. The minimum atomic E-state index is -0.0775. The van der Waals surface area contributed by atoms with Gasteiger partial charge in [-0.3, -0.25) is 4.79 Å². The van der Waals surface area contributed by atoms with Gasteiger partial charge in [-0.1, -0.05) is 17.0 Å². The fourth-order valence-electron chi connectivity index (χ4n) is 2.20. The molecule has 0 bridgehead atoms. The smallest absolute Gasteiger partial charge is 0.289 e. The van der Waals surface area contributed by atoms with Crippen molar-refractivity contribution in [3.63, 3.8) is 0 Å². The lowest BCUT2D eigenvalue weighted by molar-refractivity contribution is 0.0753. The van der Waals surface area contributed by atoms with Crippen molar-refractivity contribution in [2.24, 2.45) is 0 Å². The quantitative estimate of drug-likeness (QED) is 0.848. The summed E-state index contributed by atoms with van der Waals surface area (Å²) in [6.07, 6.45) is 2.76. The number of likely N-dealkylation sites (tertiary alicyclic amines) is 1. The number of hydrogen-bond donors (Lipinski definition) is 1. The molecule has 2 aromatic heterocycles. The summed E-state index contributed by atoms with van der Waals surface area (Å²) >= 11 is 1.48. The maximum Gasteiger partial charge on any atom is 0.289 e. The molecule has 19 heavy (non-hydrogen) atoms. The van der Waals surface area contributed by atoms with Crippen molar-refractivity contribution in [3.05, 3.63) is 23.7 Å². The van der Waals surface area contributed by atoms with Gasteiger partial charge in [0, 0.05) is 19.0 Å². The maximum absolute atomic E-state index is 12.3. The number of carbonyl (C=O) groups excluding carboxylic acids is 1. The number of amides is 1. The molecule has 1 aliphatic rings. The van der Waals surface area contributed by atoms with Gasteiger partial charge in [0.25, 0.3) is 5.91 Å². The highest BCUT2D eigenvalue weighted by atomic mass is 32.2. The fraction of sp³-hybridized carbons (Fsp3) is 0.455. The van der Waals surface area contributed by atoms with Gasteiger partial charge in [-0.15, -0.1) is 10.2 Å². The van der Waals surface area contributed by atoms with Crippen LogP contribution < -0.4 is 0 Å². The predicted molar refractivity (Wildman–Crippen MR) is 67.9 cm³/mol. The molecule has 0 spiro atoms. The van der Waals surface area contributed by atoms with E-state index in [2.05, 4.69) is 20.6 Å². The van der Waals surface area contributed by atoms with Crippen molar-refractivity contribution < 1.29 is 9.21 Å². The minimum absolute atomic E-state index is 0.0775. The molecule has 1 unspecified atom stereocenters. The molecule has 1 amide bonds. The van der Waals surface area contributed by atoms with Gasteiger partial charge >= 0.3 is 0 Å². The van der Waals surface area contributed by atoms with E-state index in [1.807, 2.05) is 12.3 Å².